The number of anilines is 1. The van der Waals surface area contributed by atoms with Crippen LogP contribution in [0.3, 0.4) is 0 Å². The molecule has 0 aliphatic rings. The number of amides is 1. The third kappa shape index (κ3) is 4.19. The number of rotatable bonds is 4. The van der Waals surface area contributed by atoms with Crippen molar-refractivity contribution in [2.75, 3.05) is 5.32 Å². The molecule has 1 aromatic heterocycles. The normalized spacial score (nSPS) is 11.4. The maximum Gasteiger partial charge on any atom is 0.266 e. The zero-order valence-electron chi connectivity index (χ0n) is 18.7. The molecule has 0 aliphatic heterocycles. The summed E-state index contributed by atoms with van der Waals surface area (Å²) in [5.41, 5.74) is 7.08. The van der Waals surface area contributed by atoms with Crippen LogP contribution in [0.5, 0.6) is 0 Å². The van der Waals surface area contributed by atoms with Gasteiger partial charge in [0, 0.05) is 22.8 Å². The van der Waals surface area contributed by atoms with Crippen LogP contribution in [0, 0.1) is 39.0 Å². The molecule has 4 rings (SSSR count). The van der Waals surface area contributed by atoms with Gasteiger partial charge in [0.15, 0.2) is 0 Å². The molecule has 0 radical (unpaired) electrons. The molecule has 0 atom stereocenters. The van der Waals surface area contributed by atoms with Crippen molar-refractivity contribution < 1.29 is 4.79 Å². The maximum absolute atomic E-state index is 12.8. The monoisotopic (exact) mass is 419 g/mol. The summed E-state index contributed by atoms with van der Waals surface area (Å²) in [5.74, 6) is -0.418. The summed E-state index contributed by atoms with van der Waals surface area (Å²) in [5, 5.41) is 14.7. The first kappa shape index (κ1) is 21.1. The molecule has 0 spiro atoms. The van der Waals surface area contributed by atoms with E-state index in [4.69, 9.17) is 0 Å². The minimum Gasteiger partial charge on any atom is -0.321 e. The van der Waals surface area contributed by atoms with Gasteiger partial charge in [-0.3, -0.25) is 4.79 Å². The molecular formula is C28H25N3O. The summed E-state index contributed by atoms with van der Waals surface area (Å²) in [4.78, 5) is 12.8. The van der Waals surface area contributed by atoms with Gasteiger partial charge in [-0.15, -0.1) is 0 Å². The zero-order chi connectivity index (χ0) is 22.8. The number of carbonyl (C=O) groups is 1. The van der Waals surface area contributed by atoms with Crippen LogP contribution in [0.1, 0.15) is 28.1 Å². The van der Waals surface area contributed by atoms with Crippen molar-refractivity contribution in [1.29, 1.82) is 5.26 Å². The number of aromatic nitrogens is 1. The number of carbonyl (C=O) groups excluding carboxylic acids is 1. The molecule has 0 unspecified atom stereocenters. The number of nitrogens with one attached hydrogen (secondary N) is 1. The Bertz CT molecular complexity index is 1400. The number of fused-ring (bicyclic) bond motifs is 1. The molecule has 1 heterocycles. The van der Waals surface area contributed by atoms with Crippen LogP contribution in [-0.4, -0.2) is 10.5 Å². The van der Waals surface area contributed by atoms with Crippen LogP contribution in [-0.2, 0) is 4.79 Å². The van der Waals surface area contributed by atoms with Crippen LogP contribution in [0.25, 0.3) is 22.5 Å². The number of hydrogen-bond donors (Lipinski definition) is 1. The molecule has 1 N–H and O–H groups in total. The van der Waals surface area contributed by atoms with Gasteiger partial charge in [-0.1, -0.05) is 36.4 Å². The van der Waals surface area contributed by atoms with Crippen molar-refractivity contribution in [3.8, 4) is 11.8 Å². The molecule has 32 heavy (non-hydrogen) atoms. The van der Waals surface area contributed by atoms with Crippen molar-refractivity contribution in [2.45, 2.75) is 27.7 Å². The van der Waals surface area contributed by atoms with Gasteiger partial charge in [0.2, 0.25) is 0 Å². The van der Waals surface area contributed by atoms with E-state index in [0.29, 0.717) is 5.69 Å². The first-order valence-electron chi connectivity index (χ1n) is 10.6. The van der Waals surface area contributed by atoms with E-state index >= 15 is 0 Å². The van der Waals surface area contributed by atoms with E-state index in [0.717, 1.165) is 33.4 Å². The number of nitrogens with zero attached hydrogens (tertiary/aromatic N) is 2. The Kier molecular flexibility index (Phi) is 5.66. The van der Waals surface area contributed by atoms with E-state index in [2.05, 4.69) is 48.0 Å². The van der Waals surface area contributed by atoms with E-state index in [1.165, 1.54) is 11.1 Å². The second-order valence-electron chi connectivity index (χ2n) is 8.19. The predicted molar refractivity (Wildman–Crippen MR) is 131 cm³/mol. The van der Waals surface area contributed by atoms with Crippen LogP contribution < -0.4 is 5.32 Å². The number of aryl methyl sites for hydroxylation is 3. The topological polar surface area (TPSA) is 57.8 Å². The van der Waals surface area contributed by atoms with Crippen LogP contribution >= 0.6 is 0 Å². The largest absolute Gasteiger partial charge is 0.321 e. The van der Waals surface area contributed by atoms with Gasteiger partial charge < -0.3 is 9.88 Å². The summed E-state index contributed by atoms with van der Waals surface area (Å²) in [6.45, 7) is 8.20. The Labute approximate surface area is 188 Å². The SMILES string of the molecule is Cc1cc(C)cc(-n2c(C)cc(/C=C(/C#N)C(=O)Nc3ccc4ccccc4c3)c2C)c1. The maximum atomic E-state index is 12.8. The fourth-order valence-corrected chi connectivity index (χ4v) is 4.18. The minimum atomic E-state index is -0.418. The quantitative estimate of drug-likeness (QED) is 0.307. The minimum absolute atomic E-state index is 0.0684. The molecule has 0 bridgehead atoms. The van der Waals surface area contributed by atoms with Gasteiger partial charge in [0.05, 0.1) is 0 Å². The molecule has 0 saturated heterocycles. The van der Waals surface area contributed by atoms with Gasteiger partial charge in [-0.2, -0.15) is 5.26 Å². The summed E-state index contributed by atoms with van der Waals surface area (Å²) < 4.78 is 2.15. The Morgan fingerprint density at radius 3 is 2.28 bits per heavy atom. The van der Waals surface area contributed by atoms with Crippen LogP contribution in [0.2, 0.25) is 0 Å². The summed E-state index contributed by atoms with van der Waals surface area (Å²) in [6, 6.07) is 24.2. The van der Waals surface area contributed by atoms with Crippen LogP contribution in [0.15, 0.2) is 72.3 Å². The third-order valence-corrected chi connectivity index (χ3v) is 5.61. The molecule has 0 aliphatic carbocycles. The smallest absolute Gasteiger partial charge is 0.266 e. The summed E-state index contributed by atoms with van der Waals surface area (Å²) in [6.07, 6.45) is 1.66. The first-order chi connectivity index (χ1) is 15.4. The molecule has 4 nitrogen and oxygen atoms in total. The molecular weight excluding hydrogens is 394 g/mol. The number of benzene rings is 3. The highest BCUT2D eigenvalue weighted by molar-refractivity contribution is 6.10. The van der Waals surface area contributed by atoms with E-state index < -0.39 is 5.91 Å². The number of hydrogen-bond acceptors (Lipinski definition) is 2. The van der Waals surface area contributed by atoms with E-state index in [9.17, 15) is 10.1 Å². The fraction of sp³-hybridized carbons (Fsp3) is 0.143. The standard InChI is InChI=1S/C28H25N3O/c1-18-11-19(2)13-27(12-18)31-20(3)14-24(21(31)4)15-25(17-29)28(32)30-26-10-9-22-7-5-6-8-23(22)16-26/h5-16H,1-4H3,(H,30,32)/b25-15-. The van der Waals surface area contributed by atoms with Gasteiger partial charge >= 0.3 is 0 Å². The zero-order valence-corrected chi connectivity index (χ0v) is 18.7. The Morgan fingerprint density at radius 2 is 1.59 bits per heavy atom. The Balaban J connectivity index is 1.65. The highest BCUT2D eigenvalue weighted by Gasteiger charge is 2.14. The Hall–Kier alpha value is -4.10. The van der Waals surface area contributed by atoms with E-state index in [1.54, 1.807) is 6.08 Å². The lowest BCUT2D eigenvalue weighted by Gasteiger charge is -2.12. The first-order valence-corrected chi connectivity index (χ1v) is 10.6. The molecule has 3 aromatic carbocycles. The second kappa shape index (κ2) is 8.56. The van der Waals surface area contributed by atoms with Crippen molar-refractivity contribution in [1.82, 2.24) is 4.57 Å². The molecule has 158 valence electrons. The van der Waals surface area contributed by atoms with Crippen molar-refractivity contribution in [3.05, 3.63) is 100 Å². The van der Waals surface area contributed by atoms with Gasteiger partial charge in [-0.25, -0.2) is 0 Å². The third-order valence-electron chi connectivity index (χ3n) is 5.61. The predicted octanol–water partition coefficient (Wildman–Crippen LogP) is 6.41. The number of nitriles is 1. The van der Waals surface area contributed by atoms with Gasteiger partial charge in [0.1, 0.15) is 11.6 Å². The molecule has 0 fully saturated rings. The second-order valence-corrected chi connectivity index (χ2v) is 8.19. The van der Waals surface area contributed by atoms with E-state index in [-0.39, 0.29) is 5.57 Å². The molecule has 4 aromatic rings. The average molecular weight is 420 g/mol. The van der Waals surface area contributed by atoms with E-state index in [1.807, 2.05) is 62.4 Å². The average Bonchev–Trinajstić information content (AvgIpc) is 3.03. The van der Waals surface area contributed by atoms with Crippen molar-refractivity contribution in [3.63, 3.8) is 0 Å². The van der Waals surface area contributed by atoms with Gasteiger partial charge in [-0.05, 0) is 91.6 Å². The molecule has 0 saturated carbocycles. The lowest BCUT2D eigenvalue weighted by Crippen LogP contribution is -2.13. The molecule has 4 heteroatoms. The highest BCUT2D eigenvalue weighted by Crippen LogP contribution is 2.25. The lowest BCUT2D eigenvalue weighted by molar-refractivity contribution is -0.112. The summed E-state index contributed by atoms with van der Waals surface area (Å²) in [7, 11) is 0. The van der Waals surface area contributed by atoms with Crippen LogP contribution in [0.4, 0.5) is 5.69 Å². The summed E-state index contributed by atoms with van der Waals surface area (Å²) >= 11 is 0. The van der Waals surface area contributed by atoms with Crippen molar-refractivity contribution >= 4 is 28.4 Å². The lowest BCUT2D eigenvalue weighted by atomic mass is 10.1. The van der Waals surface area contributed by atoms with Gasteiger partial charge in [0.25, 0.3) is 5.91 Å². The van der Waals surface area contributed by atoms with Crippen molar-refractivity contribution in [2.24, 2.45) is 0 Å². The molecule has 1 amide bonds. The fourth-order valence-electron chi connectivity index (χ4n) is 4.18. The highest BCUT2D eigenvalue weighted by atomic mass is 16.1. The Morgan fingerprint density at radius 1 is 0.906 bits per heavy atom.